The van der Waals surface area contributed by atoms with Gasteiger partial charge in [0.05, 0.1) is 13.0 Å². The second-order valence-electron chi connectivity index (χ2n) is 5.52. The van der Waals surface area contributed by atoms with Crippen molar-refractivity contribution in [3.63, 3.8) is 0 Å². The number of anilines is 1. The standard InChI is InChI=1S/C18H17IN2O3S/c1-24-15-7-5-14(6-8-15)20-17(22)16-10-25-11-21(16)18(23)12-3-2-4-13(19)9-12/h2-9,16H,10-11H2,1H3,(H,20,22). The van der Waals surface area contributed by atoms with Gasteiger partial charge in [-0.1, -0.05) is 6.07 Å². The van der Waals surface area contributed by atoms with Crippen LogP contribution in [-0.4, -0.2) is 41.5 Å². The molecule has 0 aliphatic carbocycles. The van der Waals surface area contributed by atoms with Crippen LogP contribution in [0.1, 0.15) is 10.4 Å². The number of nitrogens with one attached hydrogen (secondary N) is 1. The zero-order valence-corrected chi connectivity index (χ0v) is 16.5. The van der Waals surface area contributed by atoms with E-state index < -0.39 is 6.04 Å². The van der Waals surface area contributed by atoms with E-state index in [4.69, 9.17) is 4.74 Å². The molecule has 0 radical (unpaired) electrons. The van der Waals surface area contributed by atoms with E-state index in [1.807, 2.05) is 18.2 Å². The number of halogens is 1. The first-order valence-electron chi connectivity index (χ1n) is 7.67. The Morgan fingerprint density at radius 2 is 2.00 bits per heavy atom. The van der Waals surface area contributed by atoms with Crippen molar-refractivity contribution in [3.8, 4) is 5.75 Å². The Labute approximate surface area is 164 Å². The SMILES string of the molecule is COc1ccc(NC(=O)C2CSCN2C(=O)c2cccc(I)c2)cc1. The van der Waals surface area contributed by atoms with E-state index in [9.17, 15) is 9.59 Å². The van der Waals surface area contributed by atoms with E-state index in [-0.39, 0.29) is 11.8 Å². The van der Waals surface area contributed by atoms with E-state index >= 15 is 0 Å². The topological polar surface area (TPSA) is 58.6 Å². The van der Waals surface area contributed by atoms with Crippen LogP contribution < -0.4 is 10.1 Å². The van der Waals surface area contributed by atoms with Gasteiger partial charge in [0, 0.05) is 20.6 Å². The van der Waals surface area contributed by atoms with Crippen LogP contribution in [0.25, 0.3) is 0 Å². The number of rotatable bonds is 4. The Morgan fingerprint density at radius 3 is 2.68 bits per heavy atom. The minimum Gasteiger partial charge on any atom is -0.497 e. The van der Waals surface area contributed by atoms with Crippen LogP contribution in [0.4, 0.5) is 5.69 Å². The number of hydrogen-bond acceptors (Lipinski definition) is 4. The molecular weight excluding hydrogens is 451 g/mol. The molecule has 2 aromatic rings. The Morgan fingerprint density at radius 1 is 1.24 bits per heavy atom. The number of thioether (sulfide) groups is 1. The molecule has 25 heavy (non-hydrogen) atoms. The summed E-state index contributed by atoms with van der Waals surface area (Å²) in [6.07, 6.45) is 0. The third kappa shape index (κ3) is 4.27. The van der Waals surface area contributed by atoms with Crippen molar-refractivity contribution in [2.24, 2.45) is 0 Å². The van der Waals surface area contributed by atoms with Crippen molar-refractivity contribution in [1.82, 2.24) is 4.90 Å². The first-order valence-corrected chi connectivity index (χ1v) is 9.91. The highest BCUT2D eigenvalue weighted by Gasteiger charge is 2.35. The van der Waals surface area contributed by atoms with Crippen molar-refractivity contribution >= 4 is 51.9 Å². The van der Waals surface area contributed by atoms with Crippen LogP contribution in [0.3, 0.4) is 0 Å². The average molecular weight is 468 g/mol. The van der Waals surface area contributed by atoms with E-state index in [0.29, 0.717) is 22.9 Å². The predicted molar refractivity (Wildman–Crippen MR) is 108 cm³/mol. The van der Waals surface area contributed by atoms with Crippen molar-refractivity contribution in [3.05, 3.63) is 57.7 Å². The molecule has 2 aromatic carbocycles. The molecule has 1 fully saturated rings. The molecule has 0 saturated carbocycles. The molecule has 1 atom stereocenters. The van der Waals surface area contributed by atoms with E-state index in [1.54, 1.807) is 54.1 Å². The highest BCUT2D eigenvalue weighted by Crippen LogP contribution is 2.25. The van der Waals surface area contributed by atoms with Gasteiger partial charge in [-0.25, -0.2) is 0 Å². The van der Waals surface area contributed by atoms with Crippen LogP contribution >= 0.6 is 34.4 Å². The summed E-state index contributed by atoms with van der Waals surface area (Å²) in [5.41, 5.74) is 1.29. The molecule has 1 N–H and O–H groups in total. The predicted octanol–water partition coefficient (Wildman–Crippen LogP) is 3.45. The van der Waals surface area contributed by atoms with Gasteiger partial charge in [0.1, 0.15) is 11.8 Å². The van der Waals surface area contributed by atoms with Gasteiger partial charge in [-0.15, -0.1) is 11.8 Å². The Bertz CT molecular complexity index is 782. The minimum absolute atomic E-state index is 0.113. The molecule has 2 amide bonds. The molecule has 1 aliphatic rings. The van der Waals surface area contributed by atoms with Gasteiger partial charge in [-0.2, -0.15) is 0 Å². The number of amides is 2. The van der Waals surface area contributed by atoms with E-state index in [2.05, 4.69) is 27.9 Å². The summed E-state index contributed by atoms with van der Waals surface area (Å²) in [4.78, 5) is 27.0. The van der Waals surface area contributed by atoms with Gasteiger partial charge < -0.3 is 15.0 Å². The van der Waals surface area contributed by atoms with Gasteiger partial charge >= 0.3 is 0 Å². The summed E-state index contributed by atoms with van der Waals surface area (Å²) in [6.45, 7) is 0. The largest absolute Gasteiger partial charge is 0.497 e. The fourth-order valence-electron chi connectivity index (χ4n) is 2.55. The number of benzene rings is 2. The maximum absolute atomic E-state index is 12.8. The first-order chi connectivity index (χ1) is 12.1. The number of carbonyl (C=O) groups is 2. The molecule has 0 spiro atoms. The lowest BCUT2D eigenvalue weighted by Crippen LogP contribution is -2.44. The number of carbonyl (C=O) groups excluding carboxylic acids is 2. The molecule has 7 heteroatoms. The lowest BCUT2D eigenvalue weighted by Gasteiger charge is -2.23. The molecule has 130 valence electrons. The summed E-state index contributed by atoms with van der Waals surface area (Å²) < 4.78 is 6.11. The summed E-state index contributed by atoms with van der Waals surface area (Å²) in [6, 6.07) is 14.1. The molecule has 1 aliphatic heterocycles. The number of methoxy groups -OCH3 is 1. The molecule has 1 saturated heterocycles. The summed E-state index contributed by atoms with van der Waals surface area (Å²) in [5.74, 6) is 1.56. The van der Waals surface area contributed by atoms with E-state index in [0.717, 1.165) is 9.32 Å². The quantitative estimate of drug-likeness (QED) is 0.699. The monoisotopic (exact) mass is 468 g/mol. The number of nitrogens with zero attached hydrogens (tertiary/aromatic N) is 1. The maximum Gasteiger partial charge on any atom is 0.255 e. The first kappa shape index (κ1) is 18.1. The fraction of sp³-hybridized carbons (Fsp3) is 0.222. The van der Waals surface area contributed by atoms with Gasteiger partial charge in [0.25, 0.3) is 5.91 Å². The van der Waals surface area contributed by atoms with Gasteiger partial charge in [-0.05, 0) is 65.1 Å². The van der Waals surface area contributed by atoms with Crippen LogP contribution in [-0.2, 0) is 4.79 Å². The zero-order valence-electron chi connectivity index (χ0n) is 13.6. The summed E-state index contributed by atoms with van der Waals surface area (Å²) in [7, 11) is 1.59. The molecule has 3 rings (SSSR count). The van der Waals surface area contributed by atoms with E-state index in [1.165, 1.54) is 0 Å². The third-order valence-corrected chi connectivity index (χ3v) is 5.56. The maximum atomic E-state index is 12.8. The van der Waals surface area contributed by atoms with Crippen LogP contribution in [0.2, 0.25) is 0 Å². The highest BCUT2D eigenvalue weighted by atomic mass is 127. The average Bonchev–Trinajstić information content (AvgIpc) is 3.11. The van der Waals surface area contributed by atoms with Crippen LogP contribution in [0, 0.1) is 3.57 Å². The molecule has 5 nitrogen and oxygen atoms in total. The lowest BCUT2D eigenvalue weighted by molar-refractivity contribution is -0.119. The van der Waals surface area contributed by atoms with Crippen molar-refractivity contribution in [1.29, 1.82) is 0 Å². The minimum atomic E-state index is -0.475. The van der Waals surface area contributed by atoms with Crippen LogP contribution in [0.5, 0.6) is 5.75 Å². The molecule has 1 heterocycles. The van der Waals surface area contributed by atoms with Crippen LogP contribution in [0.15, 0.2) is 48.5 Å². The smallest absolute Gasteiger partial charge is 0.255 e. The number of hydrogen-bond donors (Lipinski definition) is 1. The summed E-state index contributed by atoms with van der Waals surface area (Å²) >= 11 is 3.76. The summed E-state index contributed by atoms with van der Waals surface area (Å²) in [5, 5.41) is 2.88. The molecule has 1 unspecified atom stereocenters. The normalized spacial score (nSPS) is 16.6. The zero-order chi connectivity index (χ0) is 17.8. The van der Waals surface area contributed by atoms with Crippen molar-refractivity contribution in [2.45, 2.75) is 6.04 Å². The Hall–Kier alpha value is -1.74. The molecule has 0 aromatic heterocycles. The van der Waals surface area contributed by atoms with Crippen molar-refractivity contribution < 1.29 is 14.3 Å². The van der Waals surface area contributed by atoms with Gasteiger partial charge in [0.2, 0.25) is 5.91 Å². The third-order valence-electron chi connectivity index (χ3n) is 3.87. The highest BCUT2D eigenvalue weighted by molar-refractivity contribution is 14.1. The fourth-order valence-corrected chi connectivity index (χ4v) is 4.24. The van der Waals surface area contributed by atoms with Crippen molar-refractivity contribution in [2.75, 3.05) is 24.1 Å². The Balaban J connectivity index is 1.71. The number of ether oxygens (including phenoxy) is 1. The Kier molecular flexibility index (Phi) is 5.85. The molecule has 0 bridgehead atoms. The van der Waals surface area contributed by atoms with Gasteiger partial charge in [-0.3, -0.25) is 9.59 Å². The van der Waals surface area contributed by atoms with Gasteiger partial charge in [0.15, 0.2) is 0 Å². The second kappa shape index (κ2) is 8.09. The molecular formula is C18H17IN2O3S. The lowest BCUT2D eigenvalue weighted by atomic mass is 10.1. The second-order valence-corrected chi connectivity index (χ2v) is 7.76.